The van der Waals surface area contributed by atoms with Crippen LogP contribution in [0.5, 0.6) is 0 Å². The fourth-order valence-electron chi connectivity index (χ4n) is 6.01. The second-order valence-electron chi connectivity index (χ2n) is 9.02. The van der Waals surface area contributed by atoms with Crippen LogP contribution >= 0.6 is 0 Å². The molecule has 3 rings (SSSR count). The first-order valence-electron chi connectivity index (χ1n) is 8.99. The Hall–Kier alpha value is -0.760. The number of hydrogen-bond donors (Lipinski definition) is 1. The highest BCUT2D eigenvalue weighted by Gasteiger charge is 2.57. The standard InChI is InChI=1S/C20H32O2/c1-18(2)10-5-11-19(3)16(18)8-12-20(4,21)17(19)7-6-15-9-13-22-14-15/h9,13-14,16-17,21H,5-8,10-12H2,1-4H3/t16-,17+,19-,20+/m0/s1. The quantitative estimate of drug-likeness (QED) is 0.832. The summed E-state index contributed by atoms with van der Waals surface area (Å²) in [7, 11) is 0. The lowest BCUT2D eigenvalue weighted by molar-refractivity contribution is -0.168. The van der Waals surface area contributed by atoms with Crippen LogP contribution in [0, 0.1) is 22.7 Å². The van der Waals surface area contributed by atoms with E-state index in [1.54, 1.807) is 6.26 Å². The molecule has 22 heavy (non-hydrogen) atoms. The van der Waals surface area contributed by atoms with Gasteiger partial charge in [0.25, 0.3) is 0 Å². The van der Waals surface area contributed by atoms with E-state index in [1.165, 1.54) is 31.2 Å². The fraction of sp³-hybridized carbons (Fsp3) is 0.800. The third-order valence-corrected chi connectivity index (χ3v) is 7.06. The summed E-state index contributed by atoms with van der Waals surface area (Å²) in [6.07, 6.45) is 11.7. The Bertz CT molecular complexity index is 500. The molecule has 2 fully saturated rings. The molecule has 0 spiro atoms. The van der Waals surface area contributed by atoms with Gasteiger partial charge in [-0.25, -0.2) is 0 Å². The van der Waals surface area contributed by atoms with Crippen LogP contribution in [0.1, 0.15) is 71.8 Å². The number of rotatable bonds is 3. The minimum atomic E-state index is -0.525. The summed E-state index contributed by atoms with van der Waals surface area (Å²) in [5.41, 5.74) is 1.42. The molecule has 1 aromatic heterocycles. The molecule has 1 aromatic rings. The molecule has 0 aromatic carbocycles. The van der Waals surface area contributed by atoms with Gasteiger partial charge in [0.15, 0.2) is 0 Å². The summed E-state index contributed by atoms with van der Waals surface area (Å²) in [6, 6.07) is 2.06. The molecule has 0 unspecified atom stereocenters. The zero-order valence-corrected chi connectivity index (χ0v) is 14.7. The van der Waals surface area contributed by atoms with Gasteiger partial charge in [-0.1, -0.05) is 27.2 Å². The molecule has 2 aliphatic rings. The van der Waals surface area contributed by atoms with Crippen LogP contribution in [0.3, 0.4) is 0 Å². The highest BCUT2D eigenvalue weighted by Crippen LogP contribution is 2.62. The van der Waals surface area contributed by atoms with Crippen LogP contribution in [0.2, 0.25) is 0 Å². The highest BCUT2D eigenvalue weighted by atomic mass is 16.3. The van der Waals surface area contributed by atoms with Crippen molar-refractivity contribution in [3.8, 4) is 0 Å². The van der Waals surface area contributed by atoms with Crippen molar-refractivity contribution in [2.24, 2.45) is 22.7 Å². The van der Waals surface area contributed by atoms with E-state index in [0.29, 0.717) is 11.3 Å². The highest BCUT2D eigenvalue weighted by molar-refractivity contribution is 5.10. The zero-order valence-electron chi connectivity index (χ0n) is 14.7. The van der Waals surface area contributed by atoms with Crippen LogP contribution in [-0.2, 0) is 6.42 Å². The Morgan fingerprint density at radius 1 is 1.18 bits per heavy atom. The average Bonchev–Trinajstić information content (AvgIpc) is 2.89. The summed E-state index contributed by atoms with van der Waals surface area (Å²) in [6.45, 7) is 9.44. The van der Waals surface area contributed by atoms with Gasteiger partial charge >= 0.3 is 0 Å². The van der Waals surface area contributed by atoms with E-state index < -0.39 is 5.60 Å². The Morgan fingerprint density at radius 2 is 1.95 bits per heavy atom. The summed E-state index contributed by atoms with van der Waals surface area (Å²) in [5, 5.41) is 11.1. The Labute approximate surface area is 135 Å². The molecule has 2 aliphatic carbocycles. The van der Waals surface area contributed by atoms with E-state index in [0.717, 1.165) is 25.2 Å². The summed E-state index contributed by atoms with van der Waals surface area (Å²) < 4.78 is 5.21. The Morgan fingerprint density at radius 3 is 2.64 bits per heavy atom. The fourth-order valence-corrected chi connectivity index (χ4v) is 6.01. The molecular formula is C20H32O2. The first-order valence-corrected chi connectivity index (χ1v) is 8.99. The van der Waals surface area contributed by atoms with Gasteiger partial charge in [-0.2, -0.15) is 0 Å². The van der Waals surface area contributed by atoms with Gasteiger partial charge < -0.3 is 9.52 Å². The summed E-state index contributed by atoms with van der Waals surface area (Å²) in [4.78, 5) is 0. The molecule has 4 atom stereocenters. The SMILES string of the molecule is CC1(C)CCC[C@]2(C)[C@@H](CCc3ccoc3)[C@](C)(O)CC[C@@H]12. The van der Waals surface area contributed by atoms with E-state index in [1.807, 2.05) is 6.26 Å². The van der Waals surface area contributed by atoms with Gasteiger partial charge in [0.2, 0.25) is 0 Å². The molecule has 2 nitrogen and oxygen atoms in total. The van der Waals surface area contributed by atoms with Crippen molar-refractivity contribution in [2.45, 2.75) is 78.2 Å². The number of hydrogen-bond acceptors (Lipinski definition) is 2. The monoisotopic (exact) mass is 304 g/mol. The van der Waals surface area contributed by atoms with Gasteiger partial charge in [0.1, 0.15) is 0 Å². The minimum absolute atomic E-state index is 0.271. The van der Waals surface area contributed by atoms with E-state index in [-0.39, 0.29) is 5.41 Å². The third-order valence-electron chi connectivity index (χ3n) is 7.06. The maximum Gasteiger partial charge on any atom is 0.0934 e. The lowest BCUT2D eigenvalue weighted by Gasteiger charge is -2.61. The molecule has 2 saturated carbocycles. The number of fused-ring (bicyclic) bond motifs is 1. The predicted molar refractivity (Wildman–Crippen MR) is 89.6 cm³/mol. The van der Waals surface area contributed by atoms with Gasteiger partial charge in [-0.05, 0) is 79.7 Å². The molecule has 0 radical (unpaired) electrons. The van der Waals surface area contributed by atoms with Crippen molar-refractivity contribution in [1.29, 1.82) is 0 Å². The van der Waals surface area contributed by atoms with Crippen LogP contribution in [0.25, 0.3) is 0 Å². The van der Waals surface area contributed by atoms with Gasteiger partial charge in [-0.3, -0.25) is 0 Å². The van der Waals surface area contributed by atoms with Crippen molar-refractivity contribution >= 4 is 0 Å². The second kappa shape index (κ2) is 5.40. The van der Waals surface area contributed by atoms with Crippen LogP contribution in [0.4, 0.5) is 0 Å². The molecule has 0 amide bonds. The van der Waals surface area contributed by atoms with Crippen molar-refractivity contribution in [1.82, 2.24) is 0 Å². The minimum Gasteiger partial charge on any atom is -0.472 e. The van der Waals surface area contributed by atoms with Crippen molar-refractivity contribution in [2.75, 3.05) is 0 Å². The van der Waals surface area contributed by atoms with Crippen molar-refractivity contribution in [3.63, 3.8) is 0 Å². The van der Waals surface area contributed by atoms with E-state index >= 15 is 0 Å². The van der Waals surface area contributed by atoms with Crippen molar-refractivity contribution < 1.29 is 9.52 Å². The second-order valence-corrected chi connectivity index (χ2v) is 9.02. The molecule has 0 saturated heterocycles. The van der Waals surface area contributed by atoms with Gasteiger partial charge in [0, 0.05) is 0 Å². The maximum atomic E-state index is 11.1. The zero-order chi connectivity index (χ0) is 16.0. The lowest BCUT2D eigenvalue weighted by Crippen LogP contribution is -2.57. The molecule has 1 heterocycles. The van der Waals surface area contributed by atoms with Crippen LogP contribution in [0.15, 0.2) is 23.0 Å². The normalized spacial score (nSPS) is 41.1. The molecule has 1 N–H and O–H groups in total. The summed E-state index contributed by atoms with van der Waals surface area (Å²) in [5.74, 6) is 1.12. The average molecular weight is 304 g/mol. The van der Waals surface area contributed by atoms with E-state index in [2.05, 4.69) is 33.8 Å². The van der Waals surface area contributed by atoms with E-state index in [9.17, 15) is 5.11 Å². The summed E-state index contributed by atoms with van der Waals surface area (Å²) >= 11 is 0. The first kappa shape index (κ1) is 16.1. The molecular weight excluding hydrogens is 272 g/mol. The van der Waals surface area contributed by atoms with Gasteiger partial charge in [0.05, 0.1) is 18.1 Å². The van der Waals surface area contributed by atoms with Gasteiger partial charge in [-0.15, -0.1) is 0 Å². The smallest absolute Gasteiger partial charge is 0.0934 e. The number of furan rings is 1. The van der Waals surface area contributed by atoms with Crippen LogP contribution in [-0.4, -0.2) is 10.7 Å². The molecule has 124 valence electrons. The topological polar surface area (TPSA) is 33.4 Å². The molecule has 2 heteroatoms. The maximum absolute atomic E-state index is 11.1. The largest absolute Gasteiger partial charge is 0.472 e. The number of aryl methyl sites for hydroxylation is 1. The molecule has 0 bridgehead atoms. The van der Waals surface area contributed by atoms with E-state index in [4.69, 9.17) is 4.42 Å². The first-order chi connectivity index (χ1) is 10.3. The Balaban J connectivity index is 1.85. The Kier molecular flexibility index (Phi) is 3.96. The molecule has 0 aliphatic heterocycles. The van der Waals surface area contributed by atoms with Crippen molar-refractivity contribution in [3.05, 3.63) is 24.2 Å². The number of aliphatic hydroxyl groups is 1. The predicted octanol–water partition coefficient (Wildman–Crippen LogP) is 5.21. The lowest BCUT2D eigenvalue weighted by atomic mass is 9.45. The third kappa shape index (κ3) is 2.64. The van der Waals surface area contributed by atoms with Crippen LogP contribution < -0.4 is 0 Å².